The third-order valence-corrected chi connectivity index (χ3v) is 3.49. The Morgan fingerprint density at radius 3 is 2.81 bits per heavy atom. The second-order valence-corrected chi connectivity index (χ2v) is 5.40. The zero-order valence-corrected chi connectivity index (χ0v) is 13.8. The maximum Gasteiger partial charge on any atom is 0.219 e. The van der Waals surface area contributed by atoms with Crippen molar-refractivity contribution in [3.63, 3.8) is 0 Å². The largest absolute Gasteiger partial charge is 0.497 e. The molecule has 0 spiro atoms. The van der Waals surface area contributed by atoms with E-state index in [9.17, 15) is 0 Å². The summed E-state index contributed by atoms with van der Waals surface area (Å²) in [6.07, 6.45) is 1.11. The standard InChI is InChI=1S/C16H19BrN2O2/c1-3-9-18-11-12-5-4-6-16(19-12)21-15-8-7-13(20-2)10-14(15)17/h4-8,10,18H,3,9,11H2,1-2H3. The lowest BCUT2D eigenvalue weighted by molar-refractivity contribution is 0.411. The minimum Gasteiger partial charge on any atom is -0.497 e. The molecule has 21 heavy (non-hydrogen) atoms. The molecule has 1 aromatic carbocycles. The minimum absolute atomic E-state index is 0.580. The fraction of sp³-hybridized carbons (Fsp3) is 0.312. The highest BCUT2D eigenvalue weighted by molar-refractivity contribution is 9.10. The lowest BCUT2D eigenvalue weighted by Crippen LogP contribution is -2.14. The number of benzene rings is 1. The second-order valence-electron chi connectivity index (χ2n) is 4.54. The normalized spacial score (nSPS) is 10.4. The highest BCUT2D eigenvalue weighted by atomic mass is 79.9. The van der Waals surface area contributed by atoms with Crippen LogP contribution >= 0.6 is 15.9 Å². The van der Waals surface area contributed by atoms with Crippen molar-refractivity contribution < 1.29 is 9.47 Å². The number of hydrogen-bond acceptors (Lipinski definition) is 4. The number of nitrogens with one attached hydrogen (secondary N) is 1. The minimum atomic E-state index is 0.580. The molecule has 112 valence electrons. The monoisotopic (exact) mass is 350 g/mol. The molecule has 5 heteroatoms. The van der Waals surface area contributed by atoms with Gasteiger partial charge >= 0.3 is 0 Å². The van der Waals surface area contributed by atoms with Gasteiger partial charge in [0.05, 0.1) is 17.3 Å². The maximum atomic E-state index is 5.81. The molecule has 1 aromatic heterocycles. The van der Waals surface area contributed by atoms with Crippen LogP contribution in [0.25, 0.3) is 0 Å². The SMILES string of the molecule is CCCNCc1cccc(Oc2ccc(OC)cc2Br)n1. The molecule has 0 saturated heterocycles. The Hall–Kier alpha value is -1.59. The van der Waals surface area contributed by atoms with Gasteiger partial charge in [-0.1, -0.05) is 13.0 Å². The van der Waals surface area contributed by atoms with E-state index in [4.69, 9.17) is 9.47 Å². The summed E-state index contributed by atoms with van der Waals surface area (Å²) >= 11 is 3.47. The van der Waals surface area contributed by atoms with E-state index < -0.39 is 0 Å². The predicted octanol–water partition coefficient (Wildman–Crippen LogP) is 4.14. The van der Waals surface area contributed by atoms with E-state index in [1.807, 2.05) is 36.4 Å². The average molecular weight is 351 g/mol. The van der Waals surface area contributed by atoms with Crippen molar-refractivity contribution in [2.24, 2.45) is 0 Å². The molecule has 0 amide bonds. The van der Waals surface area contributed by atoms with E-state index in [2.05, 4.69) is 33.2 Å². The highest BCUT2D eigenvalue weighted by Gasteiger charge is 2.06. The molecule has 0 aliphatic heterocycles. The Morgan fingerprint density at radius 2 is 2.10 bits per heavy atom. The summed E-state index contributed by atoms with van der Waals surface area (Å²) in [6.45, 7) is 3.87. The van der Waals surface area contributed by atoms with Crippen molar-refractivity contribution in [1.82, 2.24) is 10.3 Å². The van der Waals surface area contributed by atoms with Crippen LogP contribution in [0.5, 0.6) is 17.4 Å². The van der Waals surface area contributed by atoms with E-state index in [1.54, 1.807) is 7.11 Å². The molecule has 4 nitrogen and oxygen atoms in total. The van der Waals surface area contributed by atoms with Gasteiger partial charge in [0.15, 0.2) is 0 Å². The number of halogens is 1. The molecule has 0 unspecified atom stereocenters. The quantitative estimate of drug-likeness (QED) is 0.762. The van der Waals surface area contributed by atoms with Crippen LogP contribution in [-0.2, 0) is 6.54 Å². The van der Waals surface area contributed by atoms with E-state index >= 15 is 0 Å². The van der Waals surface area contributed by atoms with E-state index in [1.165, 1.54) is 0 Å². The maximum absolute atomic E-state index is 5.81. The van der Waals surface area contributed by atoms with Gasteiger partial charge in [-0.25, -0.2) is 4.98 Å². The molecule has 0 saturated carbocycles. The Morgan fingerprint density at radius 1 is 1.24 bits per heavy atom. The lowest BCUT2D eigenvalue weighted by atomic mass is 10.3. The van der Waals surface area contributed by atoms with Gasteiger partial charge in [0.2, 0.25) is 5.88 Å². The molecular weight excluding hydrogens is 332 g/mol. The van der Waals surface area contributed by atoms with Crippen LogP contribution in [0.4, 0.5) is 0 Å². The first-order valence-electron chi connectivity index (χ1n) is 6.91. The van der Waals surface area contributed by atoms with Crippen LogP contribution < -0.4 is 14.8 Å². The third kappa shape index (κ3) is 4.72. The zero-order valence-electron chi connectivity index (χ0n) is 12.2. The van der Waals surface area contributed by atoms with Crippen molar-refractivity contribution in [3.05, 3.63) is 46.6 Å². The molecule has 0 aliphatic rings. The molecule has 0 radical (unpaired) electrons. The molecule has 1 heterocycles. The molecule has 0 fully saturated rings. The average Bonchev–Trinajstić information content (AvgIpc) is 2.50. The topological polar surface area (TPSA) is 43.4 Å². The fourth-order valence-corrected chi connectivity index (χ4v) is 2.25. The van der Waals surface area contributed by atoms with Gasteiger partial charge < -0.3 is 14.8 Å². The van der Waals surface area contributed by atoms with Crippen LogP contribution in [0.1, 0.15) is 19.0 Å². The van der Waals surface area contributed by atoms with Crippen LogP contribution in [0.2, 0.25) is 0 Å². The zero-order chi connectivity index (χ0) is 15.1. The first-order valence-corrected chi connectivity index (χ1v) is 7.70. The van der Waals surface area contributed by atoms with Crippen molar-refractivity contribution in [1.29, 1.82) is 0 Å². The van der Waals surface area contributed by atoms with Crippen LogP contribution in [0.3, 0.4) is 0 Å². The Balaban J connectivity index is 2.07. The fourth-order valence-electron chi connectivity index (χ4n) is 1.81. The summed E-state index contributed by atoms with van der Waals surface area (Å²) in [7, 11) is 1.64. The van der Waals surface area contributed by atoms with Gasteiger partial charge in [-0.05, 0) is 53.2 Å². The van der Waals surface area contributed by atoms with Gasteiger partial charge in [-0.15, -0.1) is 0 Å². The van der Waals surface area contributed by atoms with Gasteiger partial charge in [-0.2, -0.15) is 0 Å². The van der Waals surface area contributed by atoms with Gasteiger partial charge in [0.25, 0.3) is 0 Å². The molecule has 0 aliphatic carbocycles. The molecule has 2 aromatic rings. The number of nitrogens with zero attached hydrogens (tertiary/aromatic N) is 1. The second kappa shape index (κ2) is 8.00. The first-order chi connectivity index (χ1) is 10.2. The number of rotatable bonds is 7. The lowest BCUT2D eigenvalue weighted by Gasteiger charge is -2.09. The van der Waals surface area contributed by atoms with E-state index in [-0.39, 0.29) is 0 Å². The highest BCUT2D eigenvalue weighted by Crippen LogP contribution is 2.32. The molecular formula is C16H19BrN2O2. The van der Waals surface area contributed by atoms with E-state index in [0.717, 1.165) is 35.4 Å². The van der Waals surface area contributed by atoms with E-state index in [0.29, 0.717) is 11.6 Å². The molecule has 2 rings (SSSR count). The van der Waals surface area contributed by atoms with Crippen molar-refractivity contribution in [2.45, 2.75) is 19.9 Å². The van der Waals surface area contributed by atoms with Gasteiger partial charge in [-0.3, -0.25) is 0 Å². The third-order valence-electron chi connectivity index (χ3n) is 2.87. The van der Waals surface area contributed by atoms with Gasteiger partial charge in [0, 0.05) is 12.6 Å². The Kier molecular flexibility index (Phi) is 6.02. The number of methoxy groups -OCH3 is 1. The van der Waals surface area contributed by atoms with Crippen molar-refractivity contribution in [3.8, 4) is 17.4 Å². The molecule has 1 N–H and O–H groups in total. The summed E-state index contributed by atoms with van der Waals surface area (Å²) in [5.41, 5.74) is 0.964. The van der Waals surface area contributed by atoms with Crippen LogP contribution in [0, 0.1) is 0 Å². The summed E-state index contributed by atoms with van der Waals surface area (Å²) in [6, 6.07) is 11.3. The van der Waals surface area contributed by atoms with Crippen molar-refractivity contribution >= 4 is 15.9 Å². The van der Waals surface area contributed by atoms with Crippen LogP contribution in [0.15, 0.2) is 40.9 Å². The summed E-state index contributed by atoms with van der Waals surface area (Å²) in [5.74, 6) is 2.07. The van der Waals surface area contributed by atoms with Crippen molar-refractivity contribution in [2.75, 3.05) is 13.7 Å². The first kappa shape index (κ1) is 15.8. The van der Waals surface area contributed by atoms with Gasteiger partial charge in [0.1, 0.15) is 11.5 Å². The van der Waals surface area contributed by atoms with Crippen LogP contribution in [-0.4, -0.2) is 18.6 Å². The smallest absolute Gasteiger partial charge is 0.219 e. The number of pyridine rings is 1. The molecule has 0 bridgehead atoms. The predicted molar refractivity (Wildman–Crippen MR) is 87.0 cm³/mol. The summed E-state index contributed by atoms with van der Waals surface area (Å²) in [4.78, 5) is 4.49. The molecule has 0 atom stereocenters. The Labute approximate surface area is 133 Å². The number of ether oxygens (including phenoxy) is 2. The number of hydrogen-bond donors (Lipinski definition) is 1. The summed E-state index contributed by atoms with van der Waals surface area (Å²) in [5, 5.41) is 3.33. The number of aromatic nitrogens is 1. The summed E-state index contributed by atoms with van der Waals surface area (Å²) < 4.78 is 11.8. The Bertz CT molecular complexity index is 590.